The molecule has 1 amide bonds. The SMILES string of the molecule is COc1ccc(NC(C)=O)c(-c2ccc(/C=C/C(=O)c3ncc[nH]3)cc2)c1. The molecule has 3 aromatic rings. The van der Waals surface area contributed by atoms with Gasteiger partial charge >= 0.3 is 0 Å². The standard InChI is InChI=1S/C21H19N3O3/c1-14(25)24-19-9-8-17(27-2)13-18(19)16-6-3-15(4-7-16)5-10-20(26)21-22-11-12-23-21/h3-13H,1-2H3,(H,22,23)(H,24,25)/b10-5+. The van der Waals surface area contributed by atoms with Crippen LogP contribution >= 0.6 is 0 Å². The van der Waals surface area contributed by atoms with Crippen molar-refractivity contribution in [1.29, 1.82) is 0 Å². The number of nitrogens with one attached hydrogen (secondary N) is 2. The smallest absolute Gasteiger partial charge is 0.221 e. The van der Waals surface area contributed by atoms with Gasteiger partial charge in [0.1, 0.15) is 5.75 Å². The summed E-state index contributed by atoms with van der Waals surface area (Å²) >= 11 is 0. The first kappa shape index (κ1) is 18.1. The molecule has 0 aliphatic rings. The average molecular weight is 361 g/mol. The molecule has 0 aliphatic heterocycles. The summed E-state index contributed by atoms with van der Waals surface area (Å²) in [6.07, 6.45) is 6.35. The number of imidazole rings is 1. The lowest BCUT2D eigenvalue weighted by atomic mass is 10.0. The van der Waals surface area contributed by atoms with Gasteiger partial charge in [-0.1, -0.05) is 30.3 Å². The first-order valence-electron chi connectivity index (χ1n) is 8.34. The average Bonchev–Trinajstić information content (AvgIpc) is 3.21. The summed E-state index contributed by atoms with van der Waals surface area (Å²) in [6.45, 7) is 1.47. The first-order valence-corrected chi connectivity index (χ1v) is 8.34. The summed E-state index contributed by atoms with van der Waals surface area (Å²) in [5, 5.41) is 2.83. The van der Waals surface area contributed by atoms with E-state index in [0.29, 0.717) is 17.3 Å². The van der Waals surface area contributed by atoms with Crippen LogP contribution in [0.4, 0.5) is 5.69 Å². The maximum Gasteiger partial charge on any atom is 0.221 e. The predicted molar refractivity (Wildman–Crippen MR) is 105 cm³/mol. The molecule has 3 rings (SSSR count). The quantitative estimate of drug-likeness (QED) is 0.514. The van der Waals surface area contributed by atoms with Crippen LogP contribution < -0.4 is 10.1 Å². The lowest BCUT2D eigenvalue weighted by Gasteiger charge is -2.12. The lowest BCUT2D eigenvalue weighted by molar-refractivity contribution is -0.114. The van der Waals surface area contributed by atoms with E-state index >= 15 is 0 Å². The molecule has 136 valence electrons. The number of ether oxygens (including phenoxy) is 1. The van der Waals surface area contributed by atoms with Gasteiger partial charge in [-0.15, -0.1) is 0 Å². The van der Waals surface area contributed by atoms with Crippen molar-refractivity contribution >= 4 is 23.5 Å². The third-order valence-corrected chi connectivity index (χ3v) is 3.92. The lowest BCUT2D eigenvalue weighted by Crippen LogP contribution is -2.07. The van der Waals surface area contributed by atoms with Crippen molar-refractivity contribution in [3.05, 3.63) is 72.3 Å². The number of benzene rings is 2. The predicted octanol–water partition coefficient (Wildman–Crippen LogP) is 3.94. The van der Waals surface area contributed by atoms with Crippen LogP contribution in [-0.4, -0.2) is 28.8 Å². The zero-order valence-electron chi connectivity index (χ0n) is 15.0. The van der Waals surface area contributed by atoms with Crippen LogP contribution in [0.2, 0.25) is 0 Å². The number of carbonyl (C=O) groups excluding carboxylic acids is 2. The molecule has 0 unspecified atom stereocenters. The van der Waals surface area contributed by atoms with Gasteiger partial charge in [-0.25, -0.2) is 4.98 Å². The van der Waals surface area contributed by atoms with Crippen LogP contribution in [0.3, 0.4) is 0 Å². The molecule has 0 aliphatic carbocycles. The highest BCUT2D eigenvalue weighted by Gasteiger charge is 2.09. The monoisotopic (exact) mass is 361 g/mol. The van der Waals surface area contributed by atoms with E-state index in [0.717, 1.165) is 16.7 Å². The Bertz CT molecular complexity index is 974. The summed E-state index contributed by atoms with van der Waals surface area (Å²) in [4.78, 5) is 30.1. The van der Waals surface area contributed by atoms with Crippen molar-refractivity contribution in [2.24, 2.45) is 0 Å². The van der Waals surface area contributed by atoms with E-state index in [4.69, 9.17) is 4.74 Å². The van der Waals surface area contributed by atoms with E-state index in [1.54, 1.807) is 25.4 Å². The number of allylic oxidation sites excluding steroid dienone is 1. The van der Waals surface area contributed by atoms with Crippen molar-refractivity contribution < 1.29 is 14.3 Å². The van der Waals surface area contributed by atoms with E-state index < -0.39 is 0 Å². The van der Waals surface area contributed by atoms with Crippen molar-refractivity contribution in [3.8, 4) is 16.9 Å². The Morgan fingerprint density at radius 1 is 1.15 bits per heavy atom. The maximum atomic E-state index is 12.0. The summed E-state index contributed by atoms with van der Waals surface area (Å²) in [6, 6.07) is 13.1. The minimum absolute atomic E-state index is 0.141. The Morgan fingerprint density at radius 3 is 2.56 bits per heavy atom. The number of carbonyl (C=O) groups is 2. The minimum atomic E-state index is -0.190. The van der Waals surface area contributed by atoms with E-state index in [9.17, 15) is 9.59 Å². The number of ketones is 1. The second kappa shape index (κ2) is 8.14. The van der Waals surface area contributed by atoms with Gasteiger partial charge in [0.05, 0.1) is 7.11 Å². The largest absolute Gasteiger partial charge is 0.497 e. The number of rotatable bonds is 6. The minimum Gasteiger partial charge on any atom is -0.497 e. The van der Waals surface area contributed by atoms with Crippen molar-refractivity contribution in [1.82, 2.24) is 9.97 Å². The Labute approximate surface area is 156 Å². The molecule has 0 atom stereocenters. The molecular formula is C21H19N3O3. The van der Waals surface area contributed by atoms with Gasteiger partial charge in [0, 0.05) is 30.6 Å². The van der Waals surface area contributed by atoms with E-state index in [-0.39, 0.29) is 11.7 Å². The fourth-order valence-electron chi connectivity index (χ4n) is 2.61. The Balaban J connectivity index is 1.84. The summed E-state index contributed by atoms with van der Waals surface area (Å²) < 4.78 is 5.29. The van der Waals surface area contributed by atoms with Gasteiger partial charge in [-0.3, -0.25) is 9.59 Å². The molecule has 0 saturated carbocycles. The molecule has 6 heteroatoms. The number of H-pyrrole nitrogens is 1. The first-order chi connectivity index (χ1) is 13.1. The fourth-order valence-corrected chi connectivity index (χ4v) is 2.61. The number of methoxy groups -OCH3 is 1. The van der Waals surface area contributed by atoms with E-state index in [1.165, 1.54) is 19.2 Å². The number of hydrogen-bond donors (Lipinski definition) is 2. The molecule has 6 nitrogen and oxygen atoms in total. The van der Waals surface area contributed by atoms with Gasteiger partial charge in [0.2, 0.25) is 11.7 Å². The highest BCUT2D eigenvalue weighted by Crippen LogP contribution is 2.32. The van der Waals surface area contributed by atoms with Gasteiger partial charge in [0.15, 0.2) is 5.82 Å². The van der Waals surface area contributed by atoms with Crippen LogP contribution in [0.25, 0.3) is 17.2 Å². The molecule has 2 N–H and O–H groups in total. The number of hydrogen-bond acceptors (Lipinski definition) is 4. The Morgan fingerprint density at radius 2 is 1.93 bits per heavy atom. The molecule has 0 bridgehead atoms. The third kappa shape index (κ3) is 4.49. The number of aromatic amines is 1. The number of anilines is 1. The normalized spacial score (nSPS) is 10.7. The molecule has 0 spiro atoms. The zero-order chi connectivity index (χ0) is 19.2. The van der Waals surface area contributed by atoms with E-state index in [2.05, 4.69) is 15.3 Å². The maximum absolute atomic E-state index is 12.0. The van der Waals surface area contributed by atoms with Crippen LogP contribution in [0.5, 0.6) is 5.75 Å². The topological polar surface area (TPSA) is 84.1 Å². The Kier molecular flexibility index (Phi) is 5.47. The summed E-state index contributed by atoms with van der Waals surface area (Å²) in [5.74, 6) is 0.675. The number of aromatic nitrogens is 2. The van der Waals surface area contributed by atoms with Crippen LogP contribution in [0.15, 0.2) is 60.9 Å². The van der Waals surface area contributed by atoms with Gasteiger partial charge in [0.25, 0.3) is 0 Å². The molecule has 1 aromatic heterocycles. The van der Waals surface area contributed by atoms with E-state index in [1.807, 2.05) is 36.4 Å². The highest BCUT2D eigenvalue weighted by atomic mass is 16.5. The van der Waals surface area contributed by atoms with Crippen LogP contribution in [-0.2, 0) is 4.79 Å². The van der Waals surface area contributed by atoms with Crippen LogP contribution in [0.1, 0.15) is 23.1 Å². The fraction of sp³-hybridized carbons (Fsp3) is 0.0952. The molecule has 0 saturated heterocycles. The molecule has 2 aromatic carbocycles. The molecule has 1 heterocycles. The second-order valence-corrected chi connectivity index (χ2v) is 5.85. The van der Waals surface area contributed by atoms with Crippen LogP contribution in [0, 0.1) is 0 Å². The molecule has 0 fully saturated rings. The number of nitrogens with zero attached hydrogens (tertiary/aromatic N) is 1. The summed E-state index contributed by atoms with van der Waals surface area (Å²) in [7, 11) is 1.60. The summed E-state index contributed by atoms with van der Waals surface area (Å²) in [5.41, 5.74) is 3.36. The highest BCUT2D eigenvalue weighted by molar-refractivity contribution is 6.04. The van der Waals surface area contributed by atoms with Crippen molar-refractivity contribution in [2.75, 3.05) is 12.4 Å². The third-order valence-electron chi connectivity index (χ3n) is 3.92. The molecule has 0 radical (unpaired) electrons. The van der Waals surface area contributed by atoms with Crippen molar-refractivity contribution in [2.45, 2.75) is 6.92 Å². The van der Waals surface area contributed by atoms with Gasteiger partial charge in [-0.05, 0) is 35.4 Å². The molecule has 27 heavy (non-hydrogen) atoms. The number of amides is 1. The van der Waals surface area contributed by atoms with Gasteiger partial charge < -0.3 is 15.0 Å². The Hall–Kier alpha value is -3.67. The molecular weight excluding hydrogens is 342 g/mol. The van der Waals surface area contributed by atoms with Crippen molar-refractivity contribution in [3.63, 3.8) is 0 Å². The van der Waals surface area contributed by atoms with Gasteiger partial charge in [-0.2, -0.15) is 0 Å². The second-order valence-electron chi connectivity index (χ2n) is 5.85. The zero-order valence-corrected chi connectivity index (χ0v) is 15.0.